The van der Waals surface area contributed by atoms with Crippen LogP contribution in [0.3, 0.4) is 0 Å². The van der Waals surface area contributed by atoms with E-state index in [0.29, 0.717) is 28.5 Å². The number of aryl methyl sites for hydroxylation is 2. The number of fused-ring (bicyclic) bond motifs is 2. The van der Waals surface area contributed by atoms with Crippen molar-refractivity contribution < 1.29 is 5.11 Å². The van der Waals surface area contributed by atoms with Gasteiger partial charge in [0.1, 0.15) is 11.0 Å². The lowest BCUT2D eigenvalue weighted by Crippen LogP contribution is -2.44. The normalized spacial score (nSPS) is 21.5. The van der Waals surface area contributed by atoms with Crippen molar-refractivity contribution in [3.05, 3.63) is 76.4 Å². The molecule has 2 N–H and O–H groups in total. The van der Waals surface area contributed by atoms with E-state index in [2.05, 4.69) is 52.8 Å². The summed E-state index contributed by atoms with van der Waals surface area (Å²) in [6.07, 6.45) is 7.14. The van der Waals surface area contributed by atoms with Crippen LogP contribution in [0.2, 0.25) is 0 Å². The first-order valence-corrected chi connectivity index (χ1v) is 14.8. The number of pyridine rings is 1. The number of benzene rings is 1. The summed E-state index contributed by atoms with van der Waals surface area (Å²) in [6, 6.07) is 10.2. The summed E-state index contributed by atoms with van der Waals surface area (Å²) in [4.78, 5) is 32.6. The first-order valence-electron chi connectivity index (χ1n) is 14.8. The van der Waals surface area contributed by atoms with Gasteiger partial charge in [-0.25, -0.2) is 19.3 Å². The Bertz CT molecular complexity index is 1760. The molecule has 1 aliphatic heterocycles. The van der Waals surface area contributed by atoms with E-state index in [1.54, 1.807) is 21.6 Å². The Morgan fingerprint density at radius 3 is 2.60 bits per heavy atom. The number of nitrogens with one attached hydrogen (secondary N) is 1. The van der Waals surface area contributed by atoms with Crippen molar-refractivity contribution in [2.45, 2.75) is 51.7 Å². The van der Waals surface area contributed by atoms with Crippen LogP contribution in [0.5, 0.6) is 0 Å². The summed E-state index contributed by atoms with van der Waals surface area (Å²) in [7, 11) is 2.16. The predicted octanol–water partition coefficient (Wildman–Crippen LogP) is 3.90. The van der Waals surface area contributed by atoms with Crippen LogP contribution >= 0.6 is 0 Å². The van der Waals surface area contributed by atoms with Crippen molar-refractivity contribution in [3.8, 4) is 5.82 Å². The summed E-state index contributed by atoms with van der Waals surface area (Å²) in [6.45, 7) is 12.3. The Hall–Kier alpha value is -4.02. The molecule has 218 valence electrons. The van der Waals surface area contributed by atoms with E-state index in [9.17, 15) is 9.90 Å². The number of allylic oxidation sites excluding steroid dienone is 1. The molecule has 1 atom stereocenters. The van der Waals surface area contributed by atoms with Gasteiger partial charge in [0.2, 0.25) is 5.95 Å². The highest BCUT2D eigenvalue weighted by Crippen LogP contribution is 2.63. The molecule has 1 saturated carbocycles. The van der Waals surface area contributed by atoms with Crippen LogP contribution in [0.1, 0.15) is 43.0 Å². The molecule has 0 unspecified atom stereocenters. The number of piperazine rings is 1. The zero-order chi connectivity index (χ0) is 29.2. The average molecular weight is 567 g/mol. The van der Waals surface area contributed by atoms with Crippen LogP contribution in [0.25, 0.3) is 16.9 Å². The van der Waals surface area contributed by atoms with Gasteiger partial charge in [-0.2, -0.15) is 4.98 Å². The molecular formula is C32H38N8O2. The van der Waals surface area contributed by atoms with E-state index < -0.39 is 5.60 Å². The number of anilines is 3. The second kappa shape index (κ2) is 9.78. The number of nitrogens with zero attached hydrogens (tertiary/aromatic N) is 7. The molecule has 2 aliphatic carbocycles. The molecule has 2 fully saturated rings. The van der Waals surface area contributed by atoms with E-state index in [4.69, 9.17) is 9.97 Å². The molecule has 3 aliphatic rings. The minimum absolute atomic E-state index is 0.0948. The molecule has 42 heavy (non-hydrogen) atoms. The Kier molecular flexibility index (Phi) is 6.25. The van der Waals surface area contributed by atoms with Crippen molar-refractivity contribution >= 4 is 28.4 Å². The highest BCUT2D eigenvalue weighted by atomic mass is 16.3. The molecular weight excluding hydrogens is 528 g/mol. The number of hydrogen-bond donors (Lipinski definition) is 2. The zero-order valence-corrected chi connectivity index (χ0v) is 24.6. The van der Waals surface area contributed by atoms with Gasteiger partial charge in [0, 0.05) is 49.2 Å². The van der Waals surface area contributed by atoms with Crippen LogP contribution < -0.4 is 15.8 Å². The number of aliphatic hydroxyl groups is 1. The predicted molar refractivity (Wildman–Crippen MR) is 165 cm³/mol. The maximum Gasteiger partial charge on any atom is 0.278 e. The lowest BCUT2D eigenvalue weighted by molar-refractivity contribution is -0.0371. The summed E-state index contributed by atoms with van der Waals surface area (Å²) in [5.74, 6) is 0.929. The standard InChI is InChI=1S/C32H38N8O2/c1-5-14-39-29(41)24-20-33-30(34-23-7-8-25(21(2)19-23)38-17-15-37(4)16-18-38)36-28(24)40(39)26-9-6-22-10-11-32(12-13-32)31(3,42)27(22)35-26/h5-9,19-20,42H,1,10-18H2,2-4H3,(H,33,34,36)/t31-/m1/s1. The topological polar surface area (TPSA) is 104 Å². The van der Waals surface area contributed by atoms with Crippen LogP contribution in [-0.2, 0) is 18.6 Å². The summed E-state index contributed by atoms with van der Waals surface area (Å²) in [5.41, 5.74) is 4.18. The fourth-order valence-corrected chi connectivity index (χ4v) is 6.85. The Labute approximate surface area is 245 Å². The van der Waals surface area contributed by atoms with Gasteiger partial charge in [-0.05, 0) is 82.0 Å². The van der Waals surface area contributed by atoms with Crippen molar-refractivity contribution in [3.63, 3.8) is 0 Å². The van der Waals surface area contributed by atoms with Crippen LogP contribution in [0.4, 0.5) is 17.3 Å². The second-order valence-electron chi connectivity index (χ2n) is 12.4. The zero-order valence-electron chi connectivity index (χ0n) is 24.6. The molecule has 0 bridgehead atoms. The van der Waals surface area contributed by atoms with Gasteiger partial charge in [0.25, 0.3) is 5.56 Å². The third kappa shape index (κ3) is 4.23. The van der Waals surface area contributed by atoms with Crippen molar-refractivity contribution in [1.82, 2.24) is 29.2 Å². The lowest BCUT2D eigenvalue weighted by atomic mass is 9.72. The van der Waals surface area contributed by atoms with Crippen molar-refractivity contribution in [1.29, 1.82) is 0 Å². The maximum absolute atomic E-state index is 13.5. The molecule has 0 radical (unpaired) electrons. The molecule has 0 amide bonds. The number of likely N-dealkylation sites (N-methyl/N-ethyl adjacent to an activating group) is 1. The monoisotopic (exact) mass is 566 g/mol. The molecule has 10 heteroatoms. The lowest BCUT2D eigenvalue weighted by Gasteiger charge is -2.38. The third-order valence-electron chi connectivity index (χ3n) is 9.68. The molecule has 4 aromatic rings. The van der Waals surface area contributed by atoms with E-state index in [0.717, 1.165) is 63.1 Å². The molecule has 3 aromatic heterocycles. The average Bonchev–Trinajstić information content (AvgIpc) is 3.72. The molecule has 7 rings (SSSR count). The van der Waals surface area contributed by atoms with E-state index >= 15 is 0 Å². The van der Waals surface area contributed by atoms with E-state index in [1.165, 1.54) is 11.3 Å². The molecule has 1 spiro atoms. The maximum atomic E-state index is 13.5. The summed E-state index contributed by atoms with van der Waals surface area (Å²) in [5, 5.41) is 15.4. The molecule has 10 nitrogen and oxygen atoms in total. The SMILES string of the molecule is C=CCn1c(=O)c2cnc(Nc3ccc(N4CCN(C)CC4)c(C)c3)nc2n1-c1ccc2c(n1)[C@@](C)(O)C1(CC2)CC1. The Morgan fingerprint density at radius 2 is 1.88 bits per heavy atom. The number of aromatic nitrogens is 5. The van der Waals surface area contributed by atoms with Gasteiger partial charge in [-0.15, -0.1) is 6.58 Å². The van der Waals surface area contributed by atoms with Gasteiger partial charge in [-0.1, -0.05) is 12.1 Å². The fourth-order valence-electron chi connectivity index (χ4n) is 6.85. The van der Waals surface area contributed by atoms with Gasteiger partial charge in [-0.3, -0.25) is 4.79 Å². The first kappa shape index (κ1) is 26.9. The van der Waals surface area contributed by atoms with Crippen molar-refractivity contribution in [2.75, 3.05) is 43.4 Å². The summed E-state index contributed by atoms with van der Waals surface area (Å²) < 4.78 is 3.31. The molecule has 4 heterocycles. The van der Waals surface area contributed by atoms with Crippen molar-refractivity contribution in [2.24, 2.45) is 5.41 Å². The smallest absolute Gasteiger partial charge is 0.278 e. The van der Waals surface area contributed by atoms with Crippen LogP contribution in [0.15, 0.2) is 54.0 Å². The quantitative estimate of drug-likeness (QED) is 0.339. The van der Waals surface area contributed by atoms with Crippen LogP contribution in [0, 0.1) is 12.3 Å². The Balaban J connectivity index is 1.26. The van der Waals surface area contributed by atoms with Gasteiger partial charge >= 0.3 is 0 Å². The first-order chi connectivity index (χ1) is 20.2. The van der Waals surface area contributed by atoms with E-state index in [-0.39, 0.29) is 17.5 Å². The highest BCUT2D eigenvalue weighted by molar-refractivity contribution is 5.77. The molecule has 1 saturated heterocycles. The van der Waals surface area contributed by atoms with E-state index in [1.807, 2.05) is 25.1 Å². The largest absolute Gasteiger partial charge is 0.383 e. The van der Waals surface area contributed by atoms with Gasteiger partial charge in [0.15, 0.2) is 11.5 Å². The Morgan fingerprint density at radius 1 is 1.10 bits per heavy atom. The number of hydrogen-bond acceptors (Lipinski definition) is 8. The van der Waals surface area contributed by atoms with Gasteiger partial charge < -0.3 is 20.2 Å². The minimum atomic E-state index is -1.01. The fraction of sp³-hybridized carbons (Fsp3) is 0.438. The third-order valence-corrected chi connectivity index (χ3v) is 9.68. The van der Waals surface area contributed by atoms with Gasteiger partial charge in [0.05, 0.1) is 12.2 Å². The van der Waals surface area contributed by atoms with Crippen LogP contribution in [-0.4, -0.2) is 67.5 Å². The highest BCUT2D eigenvalue weighted by Gasteiger charge is 2.59. The summed E-state index contributed by atoms with van der Waals surface area (Å²) >= 11 is 0. The number of rotatable bonds is 6. The molecule has 1 aromatic carbocycles. The second-order valence-corrected chi connectivity index (χ2v) is 12.4. The minimum Gasteiger partial charge on any atom is -0.383 e.